The van der Waals surface area contributed by atoms with Crippen LogP contribution in [0.5, 0.6) is 0 Å². The Hall–Kier alpha value is -2.93. The van der Waals surface area contributed by atoms with E-state index in [0.717, 1.165) is 24.4 Å². The third-order valence-corrected chi connectivity index (χ3v) is 10.5. The summed E-state index contributed by atoms with van der Waals surface area (Å²) in [6.07, 6.45) is 1.65. The molecule has 5 nitrogen and oxygen atoms in total. The lowest BCUT2D eigenvalue weighted by molar-refractivity contribution is 0.121. The van der Waals surface area contributed by atoms with Crippen LogP contribution < -0.4 is 26.2 Å². The largest absolute Gasteiger partial charge is 0.459 e. The number of morpholine rings is 1. The van der Waals surface area contributed by atoms with Gasteiger partial charge < -0.3 is 18.5 Å². The van der Waals surface area contributed by atoms with Gasteiger partial charge in [0.1, 0.15) is 15.9 Å². The van der Waals surface area contributed by atoms with Crippen molar-refractivity contribution < 1.29 is 13.6 Å². The molecule has 1 fully saturated rings. The van der Waals surface area contributed by atoms with Crippen molar-refractivity contribution in [3.05, 3.63) is 109 Å². The van der Waals surface area contributed by atoms with Crippen molar-refractivity contribution in [2.24, 2.45) is 0 Å². The lowest BCUT2D eigenvalue weighted by Crippen LogP contribution is -2.44. The molecule has 0 N–H and O–H groups in total. The fourth-order valence-electron chi connectivity index (χ4n) is 4.77. The molecule has 36 heavy (non-hydrogen) atoms. The average molecular weight is 609 g/mol. The molecule has 0 bridgehead atoms. The van der Waals surface area contributed by atoms with Crippen LogP contribution >= 0.6 is 31.2 Å². The highest BCUT2D eigenvalue weighted by Gasteiger charge is 2.53. The zero-order valence-electron chi connectivity index (χ0n) is 19.7. The number of hydrogen-bond acceptors (Lipinski definition) is 5. The van der Waals surface area contributed by atoms with Gasteiger partial charge in [0.05, 0.1) is 19.5 Å². The normalized spacial score (nSPS) is 13.8. The summed E-state index contributed by atoms with van der Waals surface area (Å²) in [5.41, 5.74) is 0.953. The first-order valence-electron chi connectivity index (χ1n) is 11.8. The van der Waals surface area contributed by atoms with Crippen molar-refractivity contribution >= 4 is 58.5 Å². The summed E-state index contributed by atoms with van der Waals surface area (Å²) in [7, 11) is -2.42. The number of anilines is 1. The maximum absolute atomic E-state index is 6.56. The number of furan rings is 1. The summed E-state index contributed by atoms with van der Waals surface area (Å²) in [6.45, 7) is 2.81. The van der Waals surface area contributed by atoms with E-state index in [1.165, 1.54) is 15.9 Å². The van der Waals surface area contributed by atoms with E-state index in [9.17, 15) is 0 Å². The zero-order chi connectivity index (χ0) is 23.5. The predicted molar refractivity (Wildman–Crippen MR) is 157 cm³/mol. The maximum Gasteiger partial charge on any atom is 0.268 e. The number of nitrogens with zero attached hydrogens (tertiary/aromatic N) is 2. The van der Waals surface area contributed by atoms with Gasteiger partial charge >= 0.3 is 0 Å². The second kappa shape index (κ2) is 11.0. The molecule has 182 valence electrons. The van der Waals surface area contributed by atoms with Crippen LogP contribution in [0.25, 0.3) is 11.7 Å². The molecule has 0 saturated carbocycles. The third-order valence-electron chi connectivity index (χ3n) is 6.37. The Balaban J connectivity index is 0.00000267. The lowest BCUT2D eigenvalue weighted by atomic mass is 10.4. The molecule has 6 rings (SSSR count). The predicted octanol–water partition coefficient (Wildman–Crippen LogP) is 5.01. The zero-order valence-corrected chi connectivity index (χ0v) is 22.9. The highest BCUT2D eigenvalue weighted by molar-refractivity contribution is 14.0. The standard InChI is InChI=1S/C29H26N2O3P.HI/c1-4-11-23(12-5-1)35(24-13-6-2-7-14-24,25-15-8-3-9-16-25)28-29(31-18-21-32-22-19-31)34-27(30-28)26-17-10-20-33-26;/h1-17,20H,18-19,21-22H2;1H/q+1;. The van der Waals surface area contributed by atoms with Gasteiger partial charge in [-0.2, -0.15) is 4.98 Å². The Bertz CT molecular complexity index is 1270. The van der Waals surface area contributed by atoms with Crippen LogP contribution in [0.15, 0.2) is 118 Å². The molecule has 3 aromatic carbocycles. The fourth-order valence-corrected chi connectivity index (χ4v) is 8.97. The van der Waals surface area contributed by atoms with E-state index in [-0.39, 0.29) is 24.0 Å². The first-order chi connectivity index (χ1) is 17.4. The summed E-state index contributed by atoms with van der Waals surface area (Å²) in [5.74, 6) is 1.92. The minimum Gasteiger partial charge on any atom is -0.459 e. The summed E-state index contributed by atoms with van der Waals surface area (Å²) < 4.78 is 17.9. The van der Waals surface area contributed by atoms with Gasteiger partial charge in [0, 0.05) is 13.1 Å². The van der Waals surface area contributed by atoms with Crippen molar-refractivity contribution in [2.75, 3.05) is 31.2 Å². The summed E-state index contributed by atoms with van der Waals surface area (Å²) >= 11 is 0. The van der Waals surface area contributed by atoms with Crippen LogP contribution in [0.2, 0.25) is 0 Å². The maximum atomic E-state index is 6.56. The monoisotopic (exact) mass is 609 g/mol. The Morgan fingerprint density at radius 2 is 1.19 bits per heavy atom. The second-order valence-corrected chi connectivity index (χ2v) is 11.7. The molecule has 2 aromatic heterocycles. The molecule has 1 aliphatic heterocycles. The molecular weight excluding hydrogens is 582 g/mol. The van der Waals surface area contributed by atoms with Crippen LogP contribution in [0.1, 0.15) is 0 Å². The third kappa shape index (κ3) is 4.38. The van der Waals surface area contributed by atoms with Crippen molar-refractivity contribution in [3.63, 3.8) is 0 Å². The van der Waals surface area contributed by atoms with Crippen LogP contribution in [0.4, 0.5) is 5.88 Å². The quantitative estimate of drug-likeness (QED) is 0.200. The molecule has 1 aliphatic rings. The highest BCUT2D eigenvalue weighted by atomic mass is 127. The Kier molecular flexibility index (Phi) is 7.56. The second-order valence-electron chi connectivity index (χ2n) is 8.40. The number of halogens is 1. The van der Waals surface area contributed by atoms with Gasteiger partial charge in [-0.05, 0) is 48.5 Å². The van der Waals surface area contributed by atoms with Gasteiger partial charge in [-0.1, -0.05) is 54.6 Å². The van der Waals surface area contributed by atoms with Gasteiger partial charge in [0.2, 0.25) is 0 Å². The van der Waals surface area contributed by atoms with Crippen LogP contribution in [-0.4, -0.2) is 31.3 Å². The Morgan fingerprint density at radius 1 is 0.667 bits per heavy atom. The number of hydrogen-bond donors (Lipinski definition) is 0. The number of benzene rings is 3. The minimum atomic E-state index is -2.42. The van der Waals surface area contributed by atoms with E-state index in [2.05, 4.69) is 95.9 Å². The summed E-state index contributed by atoms with van der Waals surface area (Å²) in [4.78, 5) is 7.50. The minimum absolute atomic E-state index is 0. The summed E-state index contributed by atoms with van der Waals surface area (Å²) in [5, 5.41) is 3.68. The van der Waals surface area contributed by atoms with Crippen molar-refractivity contribution in [1.82, 2.24) is 4.98 Å². The van der Waals surface area contributed by atoms with E-state index >= 15 is 0 Å². The molecule has 0 atom stereocenters. The number of ether oxygens (including phenoxy) is 1. The highest BCUT2D eigenvalue weighted by Crippen LogP contribution is 2.56. The summed E-state index contributed by atoms with van der Waals surface area (Å²) in [6, 6.07) is 35.9. The van der Waals surface area contributed by atoms with Crippen LogP contribution in [0, 0.1) is 0 Å². The van der Waals surface area contributed by atoms with Crippen molar-refractivity contribution in [2.45, 2.75) is 0 Å². The molecule has 7 heteroatoms. The number of rotatable bonds is 6. The van der Waals surface area contributed by atoms with Gasteiger partial charge in [-0.3, -0.25) is 0 Å². The Labute approximate surface area is 228 Å². The number of oxazole rings is 1. The van der Waals surface area contributed by atoms with E-state index in [0.29, 0.717) is 24.9 Å². The topological polar surface area (TPSA) is 51.6 Å². The van der Waals surface area contributed by atoms with Crippen LogP contribution in [-0.2, 0) is 4.74 Å². The molecule has 0 spiro atoms. The molecule has 5 aromatic rings. The molecule has 0 amide bonds. The van der Waals surface area contributed by atoms with E-state index in [4.69, 9.17) is 18.6 Å². The smallest absolute Gasteiger partial charge is 0.268 e. The molecule has 0 unspecified atom stereocenters. The molecule has 1 saturated heterocycles. The average Bonchev–Trinajstić information content (AvgIpc) is 3.63. The lowest BCUT2D eigenvalue weighted by Gasteiger charge is -2.30. The van der Waals surface area contributed by atoms with Gasteiger partial charge in [0.25, 0.3) is 17.2 Å². The van der Waals surface area contributed by atoms with E-state index in [1.807, 2.05) is 12.1 Å². The van der Waals surface area contributed by atoms with Gasteiger partial charge in [0.15, 0.2) is 13.0 Å². The van der Waals surface area contributed by atoms with Crippen molar-refractivity contribution in [1.29, 1.82) is 0 Å². The number of aromatic nitrogens is 1. The SMILES string of the molecule is I.c1ccc([P+](c2ccccc2)(c2ccccc2)c2nc(-c3ccco3)oc2N2CCOCC2)cc1. The van der Waals surface area contributed by atoms with Crippen molar-refractivity contribution in [3.8, 4) is 11.7 Å². The molecule has 0 aliphatic carbocycles. The fraction of sp³-hybridized carbons (Fsp3) is 0.138. The van der Waals surface area contributed by atoms with Crippen LogP contribution in [0.3, 0.4) is 0 Å². The van der Waals surface area contributed by atoms with E-state index < -0.39 is 7.26 Å². The first kappa shape index (κ1) is 24.8. The molecule has 3 heterocycles. The van der Waals surface area contributed by atoms with Gasteiger partial charge in [-0.25, -0.2) is 0 Å². The first-order valence-corrected chi connectivity index (χ1v) is 13.6. The molecular formula is C29H27IN2O3P+. The Morgan fingerprint density at radius 3 is 1.67 bits per heavy atom. The van der Waals surface area contributed by atoms with Gasteiger partial charge in [-0.15, -0.1) is 24.0 Å². The van der Waals surface area contributed by atoms with E-state index in [1.54, 1.807) is 6.26 Å². The molecule has 0 radical (unpaired) electrons.